The van der Waals surface area contributed by atoms with Crippen molar-refractivity contribution in [3.63, 3.8) is 0 Å². The number of nitrogens with zero attached hydrogens (tertiary/aromatic N) is 6. The highest BCUT2D eigenvalue weighted by Crippen LogP contribution is 2.49. The second-order valence-corrected chi connectivity index (χ2v) is 29.3. The van der Waals surface area contributed by atoms with Gasteiger partial charge in [0.2, 0.25) is 11.8 Å². The number of carbonyl (C=O) groups excluding carboxylic acids is 5. The van der Waals surface area contributed by atoms with Gasteiger partial charge in [-0.25, -0.2) is 9.69 Å². The molecule has 2 aromatic heterocycles. The molecule has 0 saturated carbocycles. The summed E-state index contributed by atoms with van der Waals surface area (Å²) in [6, 6.07) is 44.1. The van der Waals surface area contributed by atoms with Gasteiger partial charge in [0.05, 0.1) is 73.0 Å². The van der Waals surface area contributed by atoms with Gasteiger partial charge >= 0.3 is 6.09 Å². The van der Waals surface area contributed by atoms with Crippen LogP contribution in [0.2, 0.25) is 0 Å². The molecule has 0 bridgehead atoms. The summed E-state index contributed by atoms with van der Waals surface area (Å²) in [4.78, 5) is 82.7. The van der Waals surface area contributed by atoms with Crippen LogP contribution in [0.4, 0.5) is 27.5 Å². The number of phenols is 2. The molecule has 5 atom stereocenters. The standard InChI is InChI=1S/C45H42ClN3O8S.C40H34ClN3O5S.2CH4/c1-4-15-56-45(53)49-35-22-40(39(54-2)20-34(35)43(52)47-14-12-29(30-13-16-58-26-30)19-37(47)44(49)55-3)57-25-28-9-7-8-27(17-28)18-41(51)48-24-31(23-46)42-33-11-6-5-10-32(33)38(50)21-36(42)48;1-48-36-16-32-33(42-20-29-15-26(27-10-12-50-23-27)9-11-43(29)40(32)47)17-37(36)49-22-25-6-4-5-24(13-25)14-38(46)44-21-28(19-41)39-31-8-3-2-7-30(31)35(45)18-34(39)44;;/h4-13,16-17,20-22,26,31,37,44,50H,1,14-15,18-19,23-25H2,2-3H3;2-10,12-13,16-18,20,23,28-29,45H,11,14-15,19,21-22H2,1H3;2*1H4/t31-,37+,44?;28-,29+;;/m11../s1. The van der Waals surface area contributed by atoms with E-state index < -0.39 is 18.4 Å². The Morgan fingerprint density at radius 1 is 0.582 bits per heavy atom. The molecule has 0 fully saturated rings. The SMILES string of the molecule is C.C.C=CCOC(=O)N1c2cc(OCc3cccc(CC(=O)N4C[C@@H](CCl)c5c4cc(O)c4ccccc54)c3)c(OC)cc2C(=O)N2CC=C(c3ccsc3)C[C@H]2C1OC.COc1cc2c(cc1OCc1cccc(CC(=O)N3C[C@@H](CCl)c4c3cc(O)c3ccccc43)c1)N=C[C@@H]1CC(c3ccsc3)=CCN1C2=O. The van der Waals surface area contributed by atoms with Gasteiger partial charge in [-0.2, -0.15) is 22.7 Å². The van der Waals surface area contributed by atoms with Crippen molar-refractivity contribution in [2.24, 2.45) is 4.99 Å². The molecule has 0 aliphatic carbocycles. The zero-order valence-corrected chi connectivity index (χ0v) is 62.5. The van der Waals surface area contributed by atoms with Gasteiger partial charge in [-0.3, -0.25) is 24.2 Å². The summed E-state index contributed by atoms with van der Waals surface area (Å²) in [6.07, 6.45) is 7.35. The number of alkyl halides is 2. The van der Waals surface area contributed by atoms with Gasteiger partial charge in [0, 0.05) is 98.1 Å². The summed E-state index contributed by atoms with van der Waals surface area (Å²) in [7, 11) is 4.56. The van der Waals surface area contributed by atoms with Crippen molar-refractivity contribution in [1.82, 2.24) is 9.80 Å². The molecule has 0 spiro atoms. The molecule has 566 valence electrons. The van der Waals surface area contributed by atoms with Crippen molar-refractivity contribution < 1.29 is 62.6 Å². The average Bonchev–Trinajstić information content (AvgIpc) is 1.60. The number of methoxy groups -OCH3 is 3. The number of aliphatic imine (C=N–C) groups is 1. The van der Waals surface area contributed by atoms with Gasteiger partial charge in [0.25, 0.3) is 11.8 Å². The maximum atomic E-state index is 14.4. The van der Waals surface area contributed by atoms with Crippen LogP contribution in [0.1, 0.15) is 105 Å². The molecular weight excluding hydrogens is 1470 g/mol. The predicted molar refractivity (Wildman–Crippen MR) is 438 cm³/mol. The lowest BCUT2D eigenvalue weighted by Crippen LogP contribution is -2.55. The van der Waals surface area contributed by atoms with Crippen molar-refractivity contribution in [2.75, 3.05) is 80.6 Å². The van der Waals surface area contributed by atoms with Crippen LogP contribution in [0.25, 0.3) is 32.7 Å². The Morgan fingerprint density at radius 3 is 1.59 bits per heavy atom. The lowest BCUT2D eigenvalue weighted by molar-refractivity contribution is -0.118. The normalized spacial score (nSPS) is 17.9. The molecule has 0 radical (unpaired) electrons. The van der Waals surface area contributed by atoms with Gasteiger partial charge in [-0.15, -0.1) is 23.2 Å². The number of rotatable bonds is 19. The minimum atomic E-state index is -0.898. The Balaban J connectivity index is 0.000000192. The quantitative estimate of drug-likeness (QED) is 0.0571. The van der Waals surface area contributed by atoms with Crippen molar-refractivity contribution >= 4 is 137 Å². The molecule has 5 amide bonds. The van der Waals surface area contributed by atoms with E-state index in [2.05, 4.69) is 34.9 Å². The number of anilines is 3. The average molecular weight is 1560 g/mol. The van der Waals surface area contributed by atoms with E-state index in [0.29, 0.717) is 90.7 Å². The van der Waals surface area contributed by atoms with Crippen molar-refractivity contribution in [1.29, 1.82) is 0 Å². The summed E-state index contributed by atoms with van der Waals surface area (Å²) in [5, 5.41) is 33.2. The number of hydrogen-bond acceptors (Lipinski definition) is 16. The van der Waals surface area contributed by atoms with E-state index in [0.717, 1.165) is 66.1 Å². The van der Waals surface area contributed by atoms with E-state index in [9.17, 15) is 34.2 Å². The summed E-state index contributed by atoms with van der Waals surface area (Å²) in [6.45, 7) is 5.66. The minimum absolute atomic E-state index is 0. The lowest BCUT2D eigenvalue weighted by Gasteiger charge is -2.40. The van der Waals surface area contributed by atoms with E-state index in [1.165, 1.54) is 36.3 Å². The van der Waals surface area contributed by atoms with Crippen LogP contribution in [0.3, 0.4) is 0 Å². The van der Waals surface area contributed by atoms with E-state index in [-0.39, 0.29) is 118 Å². The van der Waals surface area contributed by atoms with Crippen molar-refractivity contribution in [3.8, 4) is 34.5 Å². The Bertz CT molecular complexity index is 5280. The first-order chi connectivity index (χ1) is 52.6. The molecular formula is C87H84Cl2N6O13S2. The van der Waals surface area contributed by atoms with Crippen LogP contribution < -0.4 is 33.6 Å². The topological polar surface area (TPSA) is 210 Å². The van der Waals surface area contributed by atoms with Crippen molar-refractivity contribution in [3.05, 3.63) is 248 Å². The molecule has 8 aromatic carbocycles. The molecule has 110 heavy (non-hydrogen) atoms. The largest absolute Gasteiger partial charge is 0.507 e. The van der Waals surface area contributed by atoms with Crippen LogP contribution >= 0.6 is 45.9 Å². The number of aromatic hydroxyl groups is 2. The number of thiophene rings is 2. The van der Waals surface area contributed by atoms with Crippen LogP contribution in [-0.4, -0.2) is 140 Å². The Morgan fingerprint density at radius 2 is 1.08 bits per heavy atom. The molecule has 19 nitrogen and oxygen atoms in total. The third-order valence-electron chi connectivity index (χ3n) is 20.8. The zero-order chi connectivity index (χ0) is 74.9. The second kappa shape index (κ2) is 33.5. The number of halogens is 2. The second-order valence-electron chi connectivity index (χ2n) is 27.2. The highest BCUT2D eigenvalue weighted by atomic mass is 35.5. The molecule has 0 saturated heterocycles. The van der Waals surface area contributed by atoms with Gasteiger partial charge < -0.3 is 58.2 Å². The van der Waals surface area contributed by atoms with Crippen LogP contribution in [0.5, 0.6) is 34.5 Å². The van der Waals surface area contributed by atoms with Crippen LogP contribution in [0, 0.1) is 0 Å². The van der Waals surface area contributed by atoms with E-state index >= 15 is 0 Å². The highest BCUT2D eigenvalue weighted by molar-refractivity contribution is 7.08. The van der Waals surface area contributed by atoms with Gasteiger partial charge in [0.15, 0.2) is 29.2 Å². The highest BCUT2D eigenvalue weighted by Gasteiger charge is 2.46. The van der Waals surface area contributed by atoms with E-state index in [4.69, 9.17) is 56.6 Å². The Hall–Kier alpha value is -10.9. The number of ether oxygens (including phenoxy) is 6. The number of amides is 5. The summed E-state index contributed by atoms with van der Waals surface area (Å²) in [5.74, 6) is 1.80. The molecule has 6 aliphatic rings. The fourth-order valence-corrected chi connectivity index (χ4v) is 17.5. The van der Waals surface area contributed by atoms with E-state index in [1.54, 1.807) is 80.9 Å². The van der Waals surface area contributed by atoms with Crippen molar-refractivity contribution in [2.45, 2.75) is 83.9 Å². The third-order valence-corrected chi connectivity index (χ3v) is 22.9. The maximum absolute atomic E-state index is 14.4. The summed E-state index contributed by atoms with van der Waals surface area (Å²) >= 11 is 16.1. The van der Waals surface area contributed by atoms with Crippen LogP contribution in [-0.2, 0) is 45.1 Å². The summed E-state index contributed by atoms with van der Waals surface area (Å²) < 4.78 is 35.7. The molecule has 2 N–H and O–H groups in total. The van der Waals surface area contributed by atoms with Crippen LogP contribution in [0.15, 0.2) is 197 Å². The van der Waals surface area contributed by atoms with Gasteiger partial charge in [-0.05, 0) is 125 Å². The lowest BCUT2D eigenvalue weighted by atomic mass is 9.94. The minimum Gasteiger partial charge on any atom is -0.507 e. The predicted octanol–water partition coefficient (Wildman–Crippen LogP) is 17.9. The molecule has 1 unspecified atom stereocenters. The number of carbonyl (C=O) groups is 5. The molecule has 10 aromatic rings. The first-order valence-corrected chi connectivity index (χ1v) is 38.4. The molecule has 8 heterocycles. The number of fused-ring (bicyclic) bond motifs is 10. The molecule has 23 heteroatoms. The Kier molecular flexibility index (Phi) is 23.5. The number of phenolic OH excluding ortho intramolecular Hbond substituents is 2. The van der Waals surface area contributed by atoms with E-state index in [1.807, 2.05) is 126 Å². The fourth-order valence-electron chi connectivity index (χ4n) is 15.6. The van der Waals surface area contributed by atoms with Gasteiger partial charge in [-0.1, -0.05) is 137 Å². The number of hydrogen-bond donors (Lipinski definition) is 2. The monoisotopic (exact) mass is 1550 g/mol. The smallest absolute Gasteiger partial charge is 0.416 e. The molecule has 16 rings (SSSR count). The molecule has 6 aliphatic heterocycles. The Labute approximate surface area is 657 Å². The number of benzene rings is 8. The fraction of sp³-hybridized carbons (Fsp3) is 0.264. The first-order valence-electron chi connectivity index (χ1n) is 35.4. The maximum Gasteiger partial charge on any atom is 0.416 e. The summed E-state index contributed by atoms with van der Waals surface area (Å²) in [5.41, 5.74) is 12.7. The zero-order valence-electron chi connectivity index (χ0n) is 59.4. The first kappa shape index (κ1) is 77.2. The van der Waals surface area contributed by atoms with Gasteiger partial charge in [0.1, 0.15) is 31.3 Å². The third kappa shape index (κ3) is 15.0.